The van der Waals surface area contributed by atoms with E-state index in [0.29, 0.717) is 18.3 Å². The number of likely N-dealkylation sites (N-methyl/N-ethyl adjacent to an activating group) is 1. The molecule has 0 N–H and O–H groups in total. The molecule has 180 valence electrons. The fourth-order valence-corrected chi connectivity index (χ4v) is 5.05. The Morgan fingerprint density at radius 1 is 1.16 bits per heavy atom. The lowest BCUT2D eigenvalue weighted by Gasteiger charge is -2.41. The molecule has 0 bridgehead atoms. The van der Waals surface area contributed by atoms with Crippen molar-refractivity contribution >= 4 is 11.7 Å². The third-order valence-electron chi connectivity index (χ3n) is 7.53. The Labute approximate surface area is 191 Å². The summed E-state index contributed by atoms with van der Waals surface area (Å²) in [6.45, 7) is 19.7. The molecule has 0 saturated carbocycles. The summed E-state index contributed by atoms with van der Waals surface area (Å²) in [5.41, 5.74) is 1.10. The molecule has 0 spiro atoms. The van der Waals surface area contributed by atoms with Crippen molar-refractivity contribution in [1.82, 2.24) is 9.80 Å². The molecule has 1 fully saturated rings. The minimum atomic E-state index is -0.196. The zero-order chi connectivity index (χ0) is 23.9. The number of nitrogens with zero attached hydrogens (tertiary/aromatic N) is 2. The maximum atomic E-state index is 13.4. The SMILES string of the molecule is C=C(CC(C)C)N(C)[C@@H]([C@@H](C)CC)[C@@H](CC(=O)N1CCC[C@H]1[C@H](C)[C@@H](C)C(C)=O)OC. The van der Waals surface area contributed by atoms with E-state index < -0.39 is 0 Å². The third-order valence-corrected chi connectivity index (χ3v) is 7.53. The van der Waals surface area contributed by atoms with Gasteiger partial charge in [-0.25, -0.2) is 0 Å². The number of hydrogen-bond donors (Lipinski definition) is 0. The Bertz CT molecular complexity index is 603. The summed E-state index contributed by atoms with van der Waals surface area (Å²) in [5, 5.41) is 0. The number of hydrogen-bond acceptors (Lipinski definition) is 4. The Balaban J connectivity index is 3.01. The van der Waals surface area contributed by atoms with Crippen LogP contribution >= 0.6 is 0 Å². The van der Waals surface area contributed by atoms with Gasteiger partial charge in [0.1, 0.15) is 5.78 Å². The van der Waals surface area contributed by atoms with Crippen molar-refractivity contribution < 1.29 is 14.3 Å². The van der Waals surface area contributed by atoms with Crippen LogP contribution in [-0.4, -0.2) is 60.4 Å². The molecule has 1 saturated heterocycles. The van der Waals surface area contributed by atoms with Gasteiger partial charge in [-0.1, -0.05) is 54.5 Å². The zero-order valence-corrected chi connectivity index (χ0v) is 21.6. The van der Waals surface area contributed by atoms with Gasteiger partial charge >= 0.3 is 0 Å². The first-order valence-electron chi connectivity index (χ1n) is 12.2. The molecule has 1 rings (SSSR count). The summed E-state index contributed by atoms with van der Waals surface area (Å²) in [7, 11) is 3.81. The minimum Gasteiger partial charge on any atom is -0.379 e. The number of carbonyl (C=O) groups is 2. The highest BCUT2D eigenvalue weighted by Crippen LogP contribution is 2.31. The van der Waals surface area contributed by atoms with Crippen molar-refractivity contribution in [2.75, 3.05) is 20.7 Å². The molecular weight excluding hydrogens is 388 g/mol. The van der Waals surface area contributed by atoms with Crippen molar-refractivity contribution in [2.24, 2.45) is 23.7 Å². The molecule has 1 aliphatic heterocycles. The largest absolute Gasteiger partial charge is 0.379 e. The van der Waals surface area contributed by atoms with E-state index in [9.17, 15) is 9.59 Å². The van der Waals surface area contributed by atoms with Crippen LogP contribution in [0.3, 0.4) is 0 Å². The van der Waals surface area contributed by atoms with E-state index in [1.54, 1.807) is 14.0 Å². The number of ketones is 1. The van der Waals surface area contributed by atoms with E-state index in [1.165, 1.54) is 0 Å². The molecular formula is C26H48N2O3. The number of amides is 1. The van der Waals surface area contributed by atoms with Crippen LogP contribution in [-0.2, 0) is 14.3 Å². The minimum absolute atomic E-state index is 0.0324. The Kier molecular flexibility index (Phi) is 11.3. The predicted molar refractivity (Wildman–Crippen MR) is 129 cm³/mol. The van der Waals surface area contributed by atoms with Crippen LogP contribution < -0.4 is 0 Å². The van der Waals surface area contributed by atoms with E-state index >= 15 is 0 Å². The average Bonchev–Trinajstić information content (AvgIpc) is 3.20. The highest BCUT2D eigenvalue weighted by atomic mass is 16.5. The molecule has 5 nitrogen and oxygen atoms in total. The van der Waals surface area contributed by atoms with Crippen LogP contribution in [0.25, 0.3) is 0 Å². The molecule has 1 aliphatic rings. The molecule has 0 aromatic carbocycles. The number of methoxy groups -OCH3 is 1. The van der Waals surface area contributed by atoms with E-state index in [-0.39, 0.29) is 41.7 Å². The van der Waals surface area contributed by atoms with Gasteiger partial charge in [-0.2, -0.15) is 0 Å². The lowest BCUT2D eigenvalue weighted by Crippen LogP contribution is -2.49. The molecule has 31 heavy (non-hydrogen) atoms. The summed E-state index contributed by atoms with van der Waals surface area (Å²) in [5.74, 6) is 1.39. The number of ether oxygens (including phenoxy) is 1. The maximum Gasteiger partial charge on any atom is 0.225 e. The van der Waals surface area contributed by atoms with Crippen LogP contribution in [0.2, 0.25) is 0 Å². The number of likely N-dealkylation sites (tertiary alicyclic amines) is 1. The van der Waals surface area contributed by atoms with Crippen LogP contribution in [0.15, 0.2) is 12.3 Å². The second-order valence-electron chi connectivity index (χ2n) is 10.2. The van der Waals surface area contributed by atoms with Gasteiger partial charge in [0, 0.05) is 38.4 Å². The van der Waals surface area contributed by atoms with E-state index in [0.717, 1.165) is 37.9 Å². The summed E-state index contributed by atoms with van der Waals surface area (Å²) in [4.78, 5) is 29.6. The quantitative estimate of drug-likeness (QED) is 0.401. The number of allylic oxidation sites excluding steroid dienone is 1. The summed E-state index contributed by atoms with van der Waals surface area (Å²) in [6, 6.07) is 0.236. The number of rotatable bonds is 13. The van der Waals surface area contributed by atoms with Crippen LogP contribution in [0.5, 0.6) is 0 Å². The summed E-state index contributed by atoms with van der Waals surface area (Å²) < 4.78 is 5.94. The van der Waals surface area contributed by atoms with Gasteiger partial charge in [-0.3, -0.25) is 9.59 Å². The monoisotopic (exact) mass is 436 g/mol. The first kappa shape index (κ1) is 27.7. The Morgan fingerprint density at radius 3 is 2.26 bits per heavy atom. The normalized spacial score (nSPS) is 21.5. The molecule has 1 heterocycles. The lowest BCUT2D eigenvalue weighted by atomic mass is 9.85. The van der Waals surface area contributed by atoms with Gasteiger partial charge < -0.3 is 14.5 Å². The second kappa shape index (κ2) is 12.6. The number of carbonyl (C=O) groups excluding carboxylic acids is 2. The molecule has 0 radical (unpaired) electrons. The van der Waals surface area contributed by atoms with Gasteiger partial charge in [0.2, 0.25) is 5.91 Å². The van der Waals surface area contributed by atoms with Crippen LogP contribution in [0.1, 0.15) is 80.6 Å². The first-order valence-corrected chi connectivity index (χ1v) is 12.2. The van der Waals surface area contributed by atoms with E-state index in [4.69, 9.17) is 4.74 Å². The van der Waals surface area contributed by atoms with Crippen molar-refractivity contribution in [3.05, 3.63) is 12.3 Å². The highest BCUT2D eigenvalue weighted by Gasteiger charge is 2.39. The lowest BCUT2D eigenvalue weighted by molar-refractivity contribution is -0.138. The van der Waals surface area contributed by atoms with Crippen molar-refractivity contribution in [3.63, 3.8) is 0 Å². The maximum absolute atomic E-state index is 13.4. The molecule has 0 aromatic heterocycles. The molecule has 6 atom stereocenters. The fraction of sp³-hybridized carbons (Fsp3) is 0.846. The van der Waals surface area contributed by atoms with Crippen molar-refractivity contribution in [1.29, 1.82) is 0 Å². The highest BCUT2D eigenvalue weighted by molar-refractivity contribution is 5.79. The zero-order valence-electron chi connectivity index (χ0n) is 21.6. The molecule has 0 aromatic rings. The van der Waals surface area contributed by atoms with Gasteiger partial charge in [0.05, 0.1) is 18.6 Å². The Morgan fingerprint density at radius 2 is 1.77 bits per heavy atom. The molecule has 0 aliphatic carbocycles. The Hall–Kier alpha value is -1.36. The van der Waals surface area contributed by atoms with E-state index in [1.807, 2.05) is 11.8 Å². The topological polar surface area (TPSA) is 49.9 Å². The molecule has 0 unspecified atom stereocenters. The second-order valence-corrected chi connectivity index (χ2v) is 10.2. The first-order chi connectivity index (χ1) is 14.5. The average molecular weight is 437 g/mol. The van der Waals surface area contributed by atoms with Gasteiger partial charge in [-0.15, -0.1) is 0 Å². The van der Waals surface area contributed by atoms with Crippen LogP contribution in [0, 0.1) is 23.7 Å². The summed E-state index contributed by atoms with van der Waals surface area (Å²) >= 11 is 0. The van der Waals surface area contributed by atoms with Crippen molar-refractivity contribution in [3.8, 4) is 0 Å². The van der Waals surface area contributed by atoms with Gasteiger partial charge in [0.15, 0.2) is 0 Å². The third kappa shape index (κ3) is 7.34. The summed E-state index contributed by atoms with van der Waals surface area (Å²) in [6.07, 6.45) is 4.09. The number of Topliss-reactive ketones (excluding diaryl/α,β-unsaturated/α-hetero) is 1. The van der Waals surface area contributed by atoms with Crippen LogP contribution in [0.4, 0.5) is 0 Å². The van der Waals surface area contributed by atoms with E-state index in [2.05, 4.69) is 53.1 Å². The van der Waals surface area contributed by atoms with Gasteiger partial charge in [0.25, 0.3) is 0 Å². The standard InChI is InChI=1S/C26H48N2O3/c1-11-18(4)26(27(9)19(5)15-17(2)3)24(31-10)16-25(30)28-14-12-13-23(28)21(7)20(6)22(8)29/h17-18,20-21,23-24,26H,5,11-16H2,1-4,6-10H3/t18-,20+,21+,23-,24+,26-/m0/s1. The predicted octanol–water partition coefficient (Wildman–Crippen LogP) is 5.15. The molecule has 5 heteroatoms. The van der Waals surface area contributed by atoms with Crippen molar-refractivity contribution in [2.45, 2.75) is 98.8 Å². The molecule has 1 amide bonds. The smallest absolute Gasteiger partial charge is 0.225 e. The fourth-order valence-electron chi connectivity index (χ4n) is 5.05. The van der Waals surface area contributed by atoms with Gasteiger partial charge in [-0.05, 0) is 43.9 Å².